The molecule has 3 N–H and O–H groups in total. The van der Waals surface area contributed by atoms with Gasteiger partial charge < -0.3 is 20.2 Å². The number of nitrogens with one attached hydrogen (secondary N) is 3. The van der Waals surface area contributed by atoms with Crippen molar-refractivity contribution in [2.45, 2.75) is 13.5 Å². The Morgan fingerprint density at radius 2 is 1.69 bits per heavy atom. The number of para-hydroxylation sites is 2. The Bertz CT molecular complexity index is 945. The van der Waals surface area contributed by atoms with Gasteiger partial charge in [-0.25, -0.2) is 5.43 Å². The molecule has 29 heavy (non-hydrogen) atoms. The molecule has 3 aromatic carbocycles. The maximum absolute atomic E-state index is 12.2. The molecule has 0 unspecified atom stereocenters. The third-order valence-electron chi connectivity index (χ3n) is 4.30. The molecule has 0 atom stereocenters. The molecule has 0 saturated heterocycles. The summed E-state index contributed by atoms with van der Waals surface area (Å²) in [4.78, 5) is 12.2. The number of amides is 1. The van der Waals surface area contributed by atoms with Crippen LogP contribution in [0.2, 0.25) is 0 Å². The summed E-state index contributed by atoms with van der Waals surface area (Å²) in [6.07, 6.45) is 0. The number of ether oxygens (including phenoxy) is 2. The molecule has 0 radical (unpaired) electrons. The van der Waals surface area contributed by atoms with Crippen molar-refractivity contribution in [1.29, 1.82) is 0 Å². The van der Waals surface area contributed by atoms with E-state index >= 15 is 0 Å². The second kappa shape index (κ2) is 10.1. The Hall–Kier alpha value is -3.51. The van der Waals surface area contributed by atoms with Gasteiger partial charge in [0.1, 0.15) is 0 Å². The van der Waals surface area contributed by atoms with Gasteiger partial charge in [0.05, 0.1) is 7.11 Å². The highest BCUT2D eigenvalue weighted by Crippen LogP contribution is 2.28. The molecule has 0 aliphatic carbocycles. The first-order valence-electron chi connectivity index (χ1n) is 9.35. The van der Waals surface area contributed by atoms with Crippen molar-refractivity contribution >= 4 is 17.3 Å². The zero-order valence-electron chi connectivity index (χ0n) is 16.6. The highest BCUT2D eigenvalue weighted by molar-refractivity contribution is 5.92. The lowest BCUT2D eigenvalue weighted by Crippen LogP contribution is -2.21. The standard InChI is InChI=1S/C23H25N3O3/c1-17-8-6-7-11-20(17)25-23(27)16-29-21-13-12-18(14-22(21)28-2)15-24-26-19-9-4-3-5-10-19/h3-14,24,26H,15-16H2,1-2H3,(H,25,27). The molecule has 0 aliphatic heterocycles. The van der Waals surface area contributed by atoms with Crippen molar-refractivity contribution in [3.8, 4) is 11.5 Å². The van der Waals surface area contributed by atoms with Crippen LogP contribution in [0.25, 0.3) is 0 Å². The van der Waals surface area contributed by atoms with Gasteiger partial charge in [-0.2, -0.15) is 0 Å². The fraction of sp³-hybridized carbons (Fsp3) is 0.174. The van der Waals surface area contributed by atoms with Gasteiger partial charge in [0.15, 0.2) is 18.1 Å². The van der Waals surface area contributed by atoms with Gasteiger partial charge in [0.25, 0.3) is 5.91 Å². The number of hydrogen-bond acceptors (Lipinski definition) is 5. The summed E-state index contributed by atoms with van der Waals surface area (Å²) in [6.45, 7) is 2.44. The van der Waals surface area contributed by atoms with Crippen molar-refractivity contribution in [3.05, 3.63) is 83.9 Å². The number of anilines is 2. The molecule has 6 nitrogen and oxygen atoms in total. The number of carbonyl (C=O) groups is 1. The molecule has 3 aromatic rings. The number of hydrazine groups is 1. The van der Waals surface area contributed by atoms with Crippen LogP contribution in [0.15, 0.2) is 72.8 Å². The third kappa shape index (κ3) is 5.99. The average Bonchev–Trinajstić information content (AvgIpc) is 2.75. The number of carbonyl (C=O) groups excluding carboxylic acids is 1. The van der Waals surface area contributed by atoms with Gasteiger partial charge >= 0.3 is 0 Å². The topological polar surface area (TPSA) is 71.6 Å². The van der Waals surface area contributed by atoms with Crippen LogP contribution in [-0.2, 0) is 11.3 Å². The van der Waals surface area contributed by atoms with Crippen LogP contribution in [-0.4, -0.2) is 19.6 Å². The molecule has 0 heterocycles. The van der Waals surface area contributed by atoms with E-state index in [1.165, 1.54) is 0 Å². The molecule has 0 aromatic heterocycles. The van der Waals surface area contributed by atoms with Crippen LogP contribution in [0.5, 0.6) is 11.5 Å². The van der Waals surface area contributed by atoms with E-state index in [-0.39, 0.29) is 12.5 Å². The first-order chi connectivity index (χ1) is 14.2. The van der Waals surface area contributed by atoms with E-state index in [0.717, 1.165) is 22.5 Å². The quantitative estimate of drug-likeness (QED) is 0.478. The summed E-state index contributed by atoms with van der Waals surface area (Å²) in [5, 5.41) is 2.85. The Balaban J connectivity index is 1.53. The summed E-state index contributed by atoms with van der Waals surface area (Å²) in [6, 6.07) is 23.1. The SMILES string of the molecule is COc1cc(CNNc2ccccc2)ccc1OCC(=O)Nc1ccccc1C. The van der Waals surface area contributed by atoms with E-state index in [4.69, 9.17) is 9.47 Å². The van der Waals surface area contributed by atoms with Crippen LogP contribution >= 0.6 is 0 Å². The lowest BCUT2D eigenvalue weighted by atomic mass is 10.2. The minimum atomic E-state index is -0.223. The van der Waals surface area contributed by atoms with E-state index in [0.29, 0.717) is 18.0 Å². The first-order valence-corrected chi connectivity index (χ1v) is 9.35. The third-order valence-corrected chi connectivity index (χ3v) is 4.30. The highest BCUT2D eigenvalue weighted by atomic mass is 16.5. The van der Waals surface area contributed by atoms with E-state index in [1.54, 1.807) is 13.2 Å². The molecule has 0 fully saturated rings. The van der Waals surface area contributed by atoms with Gasteiger partial charge in [-0.15, -0.1) is 0 Å². The monoisotopic (exact) mass is 391 g/mol. The van der Waals surface area contributed by atoms with Crippen molar-refractivity contribution in [1.82, 2.24) is 5.43 Å². The van der Waals surface area contributed by atoms with Crippen LogP contribution in [0.3, 0.4) is 0 Å². The normalized spacial score (nSPS) is 10.3. The first kappa shape index (κ1) is 20.2. The predicted molar refractivity (Wildman–Crippen MR) is 115 cm³/mol. The molecule has 0 aliphatic rings. The molecule has 6 heteroatoms. The summed E-state index contributed by atoms with van der Waals surface area (Å²) >= 11 is 0. The zero-order chi connectivity index (χ0) is 20.5. The number of methoxy groups -OCH3 is 1. The van der Waals surface area contributed by atoms with Gasteiger partial charge in [-0.3, -0.25) is 4.79 Å². The van der Waals surface area contributed by atoms with E-state index in [1.807, 2.05) is 73.7 Å². The fourth-order valence-corrected chi connectivity index (χ4v) is 2.75. The smallest absolute Gasteiger partial charge is 0.262 e. The van der Waals surface area contributed by atoms with Gasteiger partial charge in [-0.05, 0) is 48.4 Å². The molecule has 0 spiro atoms. The number of aryl methyl sites for hydroxylation is 1. The Kier molecular flexibility index (Phi) is 7.08. The Labute approximate surface area is 170 Å². The number of hydrogen-bond donors (Lipinski definition) is 3. The lowest BCUT2D eigenvalue weighted by Gasteiger charge is -2.14. The summed E-state index contributed by atoms with van der Waals surface area (Å²) < 4.78 is 11.1. The number of benzene rings is 3. The molecular weight excluding hydrogens is 366 g/mol. The Morgan fingerprint density at radius 3 is 2.45 bits per heavy atom. The molecule has 1 amide bonds. The zero-order valence-corrected chi connectivity index (χ0v) is 16.6. The largest absolute Gasteiger partial charge is 0.493 e. The van der Waals surface area contributed by atoms with Crippen molar-refractivity contribution in [3.63, 3.8) is 0 Å². The van der Waals surface area contributed by atoms with E-state index < -0.39 is 0 Å². The predicted octanol–water partition coefficient (Wildman–Crippen LogP) is 4.14. The van der Waals surface area contributed by atoms with Crippen molar-refractivity contribution in [2.24, 2.45) is 0 Å². The maximum Gasteiger partial charge on any atom is 0.262 e. The molecule has 0 bridgehead atoms. The van der Waals surface area contributed by atoms with Crippen LogP contribution in [0, 0.1) is 6.92 Å². The second-order valence-electron chi connectivity index (χ2n) is 6.48. The summed E-state index contributed by atoms with van der Waals surface area (Å²) in [5.41, 5.74) is 10.1. The summed E-state index contributed by atoms with van der Waals surface area (Å²) in [7, 11) is 1.58. The average molecular weight is 391 g/mol. The van der Waals surface area contributed by atoms with Crippen LogP contribution < -0.4 is 25.6 Å². The van der Waals surface area contributed by atoms with E-state index in [9.17, 15) is 4.79 Å². The fourth-order valence-electron chi connectivity index (χ4n) is 2.75. The van der Waals surface area contributed by atoms with Gasteiger partial charge in [-0.1, -0.05) is 42.5 Å². The van der Waals surface area contributed by atoms with Crippen LogP contribution in [0.1, 0.15) is 11.1 Å². The van der Waals surface area contributed by atoms with E-state index in [2.05, 4.69) is 16.2 Å². The van der Waals surface area contributed by atoms with Gasteiger partial charge in [0.2, 0.25) is 0 Å². The maximum atomic E-state index is 12.2. The Morgan fingerprint density at radius 1 is 0.931 bits per heavy atom. The highest BCUT2D eigenvalue weighted by Gasteiger charge is 2.10. The molecular formula is C23H25N3O3. The van der Waals surface area contributed by atoms with Gasteiger partial charge in [0, 0.05) is 17.9 Å². The lowest BCUT2D eigenvalue weighted by molar-refractivity contribution is -0.118. The molecule has 3 rings (SSSR count). The minimum absolute atomic E-state index is 0.0994. The van der Waals surface area contributed by atoms with Crippen molar-refractivity contribution < 1.29 is 14.3 Å². The van der Waals surface area contributed by atoms with Crippen LogP contribution in [0.4, 0.5) is 11.4 Å². The summed E-state index contributed by atoms with van der Waals surface area (Å²) in [5.74, 6) is 0.874. The minimum Gasteiger partial charge on any atom is -0.493 e. The molecule has 150 valence electrons. The van der Waals surface area contributed by atoms with Crippen molar-refractivity contribution in [2.75, 3.05) is 24.5 Å². The number of rotatable bonds is 9. The second-order valence-corrected chi connectivity index (χ2v) is 6.48. The molecule has 0 saturated carbocycles.